The van der Waals surface area contributed by atoms with E-state index in [-0.39, 0.29) is 0 Å². The van der Waals surface area contributed by atoms with Crippen LogP contribution in [0.1, 0.15) is 31.7 Å². The number of aromatic nitrogens is 1. The summed E-state index contributed by atoms with van der Waals surface area (Å²) in [6.07, 6.45) is 8.06. The van der Waals surface area contributed by atoms with Crippen LogP contribution in [-0.4, -0.2) is 11.5 Å². The van der Waals surface area contributed by atoms with Gasteiger partial charge in [0.15, 0.2) is 0 Å². The van der Waals surface area contributed by atoms with Crippen molar-refractivity contribution in [2.24, 2.45) is 5.41 Å². The van der Waals surface area contributed by atoms with E-state index in [4.69, 9.17) is 0 Å². The molecule has 0 saturated heterocycles. The first kappa shape index (κ1) is 11.7. The zero-order valence-electron chi connectivity index (χ0n) is 10.9. The first-order chi connectivity index (χ1) is 8.77. The number of pyridine rings is 1. The van der Waals surface area contributed by atoms with Gasteiger partial charge in [-0.2, -0.15) is 0 Å². The largest absolute Gasteiger partial charge is 0.312 e. The fourth-order valence-electron chi connectivity index (χ4n) is 2.78. The maximum atomic E-state index is 4.32. The summed E-state index contributed by atoms with van der Waals surface area (Å²) < 4.78 is 0. The van der Waals surface area contributed by atoms with E-state index in [2.05, 4.69) is 41.5 Å². The Balaban J connectivity index is 1.70. The molecule has 0 radical (unpaired) electrons. The van der Waals surface area contributed by atoms with Crippen molar-refractivity contribution in [2.75, 3.05) is 6.54 Å². The molecule has 0 unspecified atom stereocenters. The number of nitrogens with one attached hydrogen (secondary N) is 1. The standard InChI is InChI=1S/C16H20N2/c1-16(7-4-8-16)12-18-11-14-10-17-9-13-5-2-3-6-15(13)14/h2-3,5-6,9-10,18H,4,7-8,11-12H2,1H3. The van der Waals surface area contributed by atoms with Gasteiger partial charge in [0, 0.05) is 30.9 Å². The molecule has 1 heterocycles. The molecule has 3 rings (SSSR count). The van der Waals surface area contributed by atoms with Crippen LogP contribution in [0.3, 0.4) is 0 Å². The lowest BCUT2D eigenvalue weighted by Crippen LogP contribution is -2.37. The van der Waals surface area contributed by atoms with E-state index >= 15 is 0 Å². The normalized spacial score (nSPS) is 17.6. The molecular weight excluding hydrogens is 220 g/mol. The third-order valence-corrected chi connectivity index (χ3v) is 4.18. The predicted octanol–water partition coefficient (Wildman–Crippen LogP) is 3.51. The molecule has 1 aliphatic rings. The highest BCUT2D eigenvalue weighted by Crippen LogP contribution is 2.39. The van der Waals surface area contributed by atoms with E-state index in [9.17, 15) is 0 Å². The average Bonchev–Trinajstić information content (AvgIpc) is 2.37. The Hall–Kier alpha value is -1.41. The van der Waals surface area contributed by atoms with E-state index in [1.54, 1.807) is 0 Å². The van der Waals surface area contributed by atoms with Gasteiger partial charge in [-0.3, -0.25) is 4.98 Å². The molecule has 0 bridgehead atoms. The van der Waals surface area contributed by atoms with Gasteiger partial charge in [-0.05, 0) is 29.2 Å². The summed E-state index contributed by atoms with van der Waals surface area (Å²) in [4.78, 5) is 4.32. The first-order valence-corrected chi connectivity index (χ1v) is 6.79. The number of benzene rings is 1. The van der Waals surface area contributed by atoms with Crippen molar-refractivity contribution in [1.29, 1.82) is 0 Å². The summed E-state index contributed by atoms with van der Waals surface area (Å²) in [5.41, 5.74) is 1.84. The molecule has 1 aromatic heterocycles. The number of fused-ring (bicyclic) bond motifs is 1. The van der Waals surface area contributed by atoms with Crippen molar-refractivity contribution in [2.45, 2.75) is 32.7 Å². The number of hydrogen-bond acceptors (Lipinski definition) is 2. The van der Waals surface area contributed by atoms with Crippen LogP contribution in [0.2, 0.25) is 0 Å². The van der Waals surface area contributed by atoms with E-state index in [1.807, 2.05) is 12.4 Å². The number of rotatable bonds is 4. The van der Waals surface area contributed by atoms with Gasteiger partial charge in [-0.1, -0.05) is 37.6 Å². The molecule has 2 aromatic rings. The molecule has 2 heteroatoms. The van der Waals surface area contributed by atoms with E-state index in [1.165, 1.54) is 35.6 Å². The molecule has 18 heavy (non-hydrogen) atoms. The molecule has 94 valence electrons. The minimum Gasteiger partial charge on any atom is -0.312 e. The van der Waals surface area contributed by atoms with Crippen LogP contribution in [0.4, 0.5) is 0 Å². The Kier molecular flexibility index (Phi) is 3.04. The monoisotopic (exact) mass is 240 g/mol. The summed E-state index contributed by atoms with van der Waals surface area (Å²) in [6.45, 7) is 4.42. The Morgan fingerprint density at radius 1 is 1.22 bits per heavy atom. The van der Waals surface area contributed by atoms with Crippen molar-refractivity contribution in [3.05, 3.63) is 42.2 Å². The van der Waals surface area contributed by atoms with Gasteiger partial charge in [-0.15, -0.1) is 0 Å². The number of hydrogen-bond donors (Lipinski definition) is 1. The second-order valence-electron chi connectivity index (χ2n) is 5.79. The molecule has 1 fully saturated rings. The van der Waals surface area contributed by atoms with Crippen molar-refractivity contribution < 1.29 is 0 Å². The maximum absolute atomic E-state index is 4.32. The van der Waals surface area contributed by atoms with Gasteiger partial charge < -0.3 is 5.32 Å². The zero-order valence-corrected chi connectivity index (χ0v) is 10.9. The van der Waals surface area contributed by atoms with Crippen molar-refractivity contribution in [1.82, 2.24) is 10.3 Å². The summed E-state index contributed by atoms with van der Waals surface area (Å²) >= 11 is 0. The van der Waals surface area contributed by atoms with Crippen molar-refractivity contribution in [3.8, 4) is 0 Å². The van der Waals surface area contributed by atoms with Gasteiger partial charge in [0.1, 0.15) is 0 Å². The molecule has 1 aliphatic carbocycles. The molecule has 2 nitrogen and oxygen atoms in total. The Morgan fingerprint density at radius 2 is 2.06 bits per heavy atom. The van der Waals surface area contributed by atoms with Gasteiger partial charge in [0.05, 0.1) is 0 Å². The van der Waals surface area contributed by atoms with Crippen LogP contribution < -0.4 is 5.32 Å². The molecule has 0 atom stereocenters. The van der Waals surface area contributed by atoms with Gasteiger partial charge >= 0.3 is 0 Å². The molecule has 0 amide bonds. The smallest absolute Gasteiger partial charge is 0.0346 e. The SMILES string of the molecule is CC1(CNCc2cncc3ccccc23)CCC1. The lowest BCUT2D eigenvalue weighted by Gasteiger charge is -2.38. The van der Waals surface area contributed by atoms with Crippen LogP contribution in [-0.2, 0) is 6.54 Å². The van der Waals surface area contributed by atoms with Crippen LogP contribution in [0.5, 0.6) is 0 Å². The molecule has 1 saturated carbocycles. The fourth-order valence-corrected chi connectivity index (χ4v) is 2.78. The minimum atomic E-state index is 0.540. The summed E-state index contributed by atoms with van der Waals surface area (Å²) in [5, 5.41) is 6.14. The van der Waals surface area contributed by atoms with Crippen molar-refractivity contribution in [3.63, 3.8) is 0 Å². The highest BCUT2D eigenvalue weighted by atomic mass is 14.9. The lowest BCUT2D eigenvalue weighted by molar-refractivity contribution is 0.156. The quantitative estimate of drug-likeness (QED) is 0.884. The second kappa shape index (κ2) is 4.69. The van der Waals surface area contributed by atoms with Gasteiger partial charge in [0.25, 0.3) is 0 Å². The van der Waals surface area contributed by atoms with Crippen LogP contribution >= 0.6 is 0 Å². The van der Waals surface area contributed by atoms with Crippen molar-refractivity contribution >= 4 is 10.8 Å². The summed E-state index contributed by atoms with van der Waals surface area (Å²) in [7, 11) is 0. The third kappa shape index (κ3) is 2.25. The molecular formula is C16H20N2. The average molecular weight is 240 g/mol. The number of nitrogens with zero attached hydrogens (tertiary/aromatic N) is 1. The molecule has 1 aromatic carbocycles. The highest BCUT2D eigenvalue weighted by molar-refractivity contribution is 5.84. The van der Waals surface area contributed by atoms with E-state index in [0.29, 0.717) is 5.41 Å². The highest BCUT2D eigenvalue weighted by Gasteiger charge is 2.30. The summed E-state index contributed by atoms with van der Waals surface area (Å²) in [6, 6.07) is 8.47. The van der Waals surface area contributed by atoms with Gasteiger partial charge in [-0.25, -0.2) is 0 Å². The lowest BCUT2D eigenvalue weighted by atomic mass is 9.70. The van der Waals surface area contributed by atoms with Crippen LogP contribution in [0, 0.1) is 5.41 Å². The van der Waals surface area contributed by atoms with E-state index in [0.717, 1.165) is 13.1 Å². The predicted molar refractivity (Wildman–Crippen MR) is 75.4 cm³/mol. The Bertz CT molecular complexity index is 538. The Labute approximate surface area is 108 Å². The van der Waals surface area contributed by atoms with Gasteiger partial charge in [0.2, 0.25) is 0 Å². The van der Waals surface area contributed by atoms with E-state index < -0.39 is 0 Å². The van der Waals surface area contributed by atoms with Crippen LogP contribution in [0.15, 0.2) is 36.7 Å². The molecule has 1 N–H and O–H groups in total. The van der Waals surface area contributed by atoms with Crippen LogP contribution in [0.25, 0.3) is 10.8 Å². The first-order valence-electron chi connectivity index (χ1n) is 6.79. The maximum Gasteiger partial charge on any atom is 0.0346 e. The topological polar surface area (TPSA) is 24.9 Å². The third-order valence-electron chi connectivity index (χ3n) is 4.18. The molecule has 0 aliphatic heterocycles. The zero-order chi connectivity index (χ0) is 12.4. The second-order valence-corrected chi connectivity index (χ2v) is 5.79. The fraction of sp³-hybridized carbons (Fsp3) is 0.438. The summed E-state index contributed by atoms with van der Waals surface area (Å²) in [5.74, 6) is 0. The Morgan fingerprint density at radius 3 is 2.83 bits per heavy atom. The molecule has 0 spiro atoms. The minimum absolute atomic E-state index is 0.540.